The predicted molar refractivity (Wildman–Crippen MR) is 91.7 cm³/mol. The average molecular weight is 343 g/mol. The molecule has 0 spiro atoms. The first kappa shape index (κ1) is 18.2. The first-order chi connectivity index (χ1) is 10.9. The van der Waals surface area contributed by atoms with E-state index < -0.39 is 10.8 Å². The summed E-state index contributed by atoms with van der Waals surface area (Å²) in [5.74, 6) is 0.149. The zero-order chi connectivity index (χ0) is 17.0. The summed E-state index contributed by atoms with van der Waals surface area (Å²) in [6, 6.07) is -0.0967. The van der Waals surface area contributed by atoms with Gasteiger partial charge in [0.2, 0.25) is 5.91 Å². The van der Waals surface area contributed by atoms with Crippen LogP contribution in [0.25, 0.3) is 0 Å². The van der Waals surface area contributed by atoms with Crippen LogP contribution in [0.1, 0.15) is 39.5 Å². The molecule has 3 amide bonds. The lowest BCUT2D eigenvalue weighted by Crippen LogP contribution is -2.53. The largest absolute Gasteiger partial charge is 0.341 e. The molecular formula is C16H29N3O3S. The second-order valence-corrected chi connectivity index (χ2v) is 8.74. The van der Waals surface area contributed by atoms with E-state index in [1.165, 1.54) is 0 Å². The maximum Gasteiger partial charge on any atom is 0.317 e. The van der Waals surface area contributed by atoms with Gasteiger partial charge in [0.15, 0.2) is 0 Å². The standard InChI is InChI=1S/C16H29N3O3S/c1-13(2)14(20)18-8-5-9-19(11-10-18)15(21)17-12-16(23(3)22)6-4-7-16/h13H,4-12H2,1-3H3,(H,17,21)/t23-/m1/s1. The number of rotatable bonds is 4. The van der Waals surface area contributed by atoms with Crippen molar-refractivity contribution in [3.05, 3.63) is 0 Å². The van der Waals surface area contributed by atoms with Crippen LogP contribution in [0, 0.1) is 5.92 Å². The van der Waals surface area contributed by atoms with Gasteiger partial charge in [-0.3, -0.25) is 9.00 Å². The molecule has 7 heteroatoms. The van der Waals surface area contributed by atoms with Crippen LogP contribution in [0.2, 0.25) is 0 Å². The lowest BCUT2D eigenvalue weighted by Gasteiger charge is -2.40. The van der Waals surface area contributed by atoms with E-state index in [1.54, 1.807) is 11.2 Å². The number of carbonyl (C=O) groups excluding carboxylic acids is 2. The molecule has 1 saturated carbocycles. The number of urea groups is 1. The zero-order valence-corrected chi connectivity index (χ0v) is 15.3. The Morgan fingerprint density at radius 1 is 1.09 bits per heavy atom. The van der Waals surface area contributed by atoms with E-state index in [0.717, 1.165) is 25.7 Å². The molecule has 1 saturated heterocycles. The van der Waals surface area contributed by atoms with Crippen LogP contribution in [-0.2, 0) is 15.6 Å². The Morgan fingerprint density at radius 3 is 2.22 bits per heavy atom. The van der Waals surface area contributed by atoms with Gasteiger partial charge in [-0.25, -0.2) is 4.79 Å². The number of amides is 3. The minimum Gasteiger partial charge on any atom is -0.341 e. The van der Waals surface area contributed by atoms with Gasteiger partial charge in [-0.05, 0) is 19.3 Å². The Morgan fingerprint density at radius 2 is 1.70 bits per heavy atom. The van der Waals surface area contributed by atoms with Gasteiger partial charge in [-0.1, -0.05) is 20.3 Å². The van der Waals surface area contributed by atoms with Crippen molar-refractivity contribution in [2.24, 2.45) is 5.92 Å². The SMILES string of the molecule is CC(C)C(=O)N1CCCN(C(=O)NCC2([S@@](C)=O)CCC2)CC1. The summed E-state index contributed by atoms with van der Waals surface area (Å²) in [5, 5.41) is 2.96. The lowest BCUT2D eigenvalue weighted by molar-refractivity contribution is -0.134. The number of nitrogens with zero attached hydrogens (tertiary/aromatic N) is 2. The fourth-order valence-corrected chi connectivity index (χ4v) is 4.33. The summed E-state index contributed by atoms with van der Waals surface area (Å²) < 4.78 is 11.7. The maximum absolute atomic E-state index is 12.4. The molecular weight excluding hydrogens is 314 g/mol. The zero-order valence-electron chi connectivity index (χ0n) is 14.5. The van der Waals surface area contributed by atoms with Crippen LogP contribution in [0.4, 0.5) is 4.79 Å². The molecule has 1 aliphatic heterocycles. The Hall–Kier alpha value is -1.11. The van der Waals surface area contributed by atoms with Crippen LogP contribution >= 0.6 is 0 Å². The third-order valence-corrected chi connectivity index (χ3v) is 6.80. The fraction of sp³-hybridized carbons (Fsp3) is 0.875. The van der Waals surface area contributed by atoms with Gasteiger partial charge < -0.3 is 15.1 Å². The molecule has 2 aliphatic rings. The van der Waals surface area contributed by atoms with Crippen molar-refractivity contribution in [3.8, 4) is 0 Å². The smallest absolute Gasteiger partial charge is 0.317 e. The highest BCUT2D eigenvalue weighted by Crippen LogP contribution is 2.36. The van der Waals surface area contributed by atoms with E-state index in [9.17, 15) is 13.8 Å². The quantitative estimate of drug-likeness (QED) is 0.833. The van der Waals surface area contributed by atoms with Gasteiger partial charge in [-0.2, -0.15) is 0 Å². The highest BCUT2D eigenvalue weighted by Gasteiger charge is 2.41. The molecule has 0 unspecified atom stereocenters. The first-order valence-corrected chi connectivity index (χ1v) is 10.1. The normalized spacial score (nSPS) is 22.3. The van der Waals surface area contributed by atoms with Gasteiger partial charge in [0.1, 0.15) is 0 Å². The minimum absolute atomic E-state index is 0.00613. The molecule has 0 aromatic rings. The highest BCUT2D eigenvalue weighted by molar-refractivity contribution is 7.85. The highest BCUT2D eigenvalue weighted by atomic mass is 32.2. The number of hydrogen-bond acceptors (Lipinski definition) is 3. The molecule has 2 rings (SSSR count). The molecule has 0 bridgehead atoms. The van der Waals surface area contributed by atoms with Gasteiger partial charge in [0.25, 0.3) is 0 Å². The van der Waals surface area contributed by atoms with Crippen molar-refractivity contribution in [2.45, 2.75) is 44.3 Å². The van der Waals surface area contributed by atoms with Crippen molar-refractivity contribution >= 4 is 22.7 Å². The molecule has 6 nitrogen and oxygen atoms in total. The van der Waals surface area contributed by atoms with Gasteiger partial charge >= 0.3 is 6.03 Å². The van der Waals surface area contributed by atoms with Crippen LogP contribution in [0.15, 0.2) is 0 Å². The minimum atomic E-state index is -0.910. The van der Waals surface area contributed by atoms with Crippen molar-refractivity contribution in [1.29, 1.82) is 0 Å². The molecule has 1 aliphatic carbocycles. The molecule has 1 heterocycles. The molecule has 23 heavy (non-hydrogen) atoms. The van der Waals surface area contributed by atoms with Crippen molar-refractivity contribution in [1.82, 2.24) is 15.1 Å². The average Bonchev–Trinajstić information content (AvgIpc) is 2.70. The monoisotopic (exact) mass is 343 g/mol. The second-order valence-electron chi connectivity index (χ2n) is 6.97. The molecule has 1 N–H and O–H groups in total. The number of carbonyl (C=O) groups is 2. The van der Waals surface area contributed by atoms with E-state index in [1.807, 2.05) is 18.7 Å². The van der Waals surface area contributed by atoms with Crippen LogP contribution in [0.5, 0.6) is 0 Å². The Kier molecular flexibility index (Phi) is 6.06. The summed E-state index contributed by atoms with van der Waals surface area (Å²) in [6.45, 7) is 6.82. The Labute approximate surface area is 141 Å². The van der Waals surface area contributed by atoms with E-state index in [2.05, 4.69) is 5.32 Å². The predicted octanol–water partition coefficient (Wildman–Crippen LogP) is 1.19. The van der Waals surface area contributed by atoms with Crippen LogP contribution in [0.3, 0.4) is 0 Å². The van der Waals surface area contributed by atoms with Crippen molar-refractivity contribution in [2.75, 3.05) is 39.0 Å². The maximum atomic E-state index is 12.4. The number of hydrogen-bond donors (Lipinski definition) is 1. The second kappa shape index (κ2) is 7.64. The topological polar surface area (TPSA) is 69.7 Å². The summed E-state index contributed by atoms with van der Waals surface area (Å²) in [4.78, 5) is 28.1. The molecule has 1 atom stereocenters. The fourth-order valence-electron chi connectivity index (χ4n) is 3.19. The van der Waals surface area contributed by atoms with Gasteiger partial charge in [0.05, 0.1) is 4.75 Å². The van der Waals surface area contributed by atoms with Crippen molar-refractivity contribution < 1.29 is 13.8 Å². The summed E-state index contributed by atoms with van der Waals surface area (Å²) >= 11 is 0. The number of nitrogens with one attached hydrogen (secondary N) is 1. The summed E-state index contributed by atoms with van der Waals surface area (Å²) in [5.41, 5.74) is 0. The van der Waals surface area contributed by atoms with Gasteiger partial charge in [-0.15, -0.1) is 0 Å². The van der Waals surface area contributed by atoms with E-state index in [4.69, 9.17) is 0 Å². The van der Waals surface area contributed by atoms with Crippen LogP contribution in [-0.4, -0.2) is 69.7 Å². The summed E-state index contributed by atoms with van der Waals surface area (Å²) in [7, 11) is -0.910. The molecule has 2 fully saturated rings. The molecule has 0 radical (unpaired) electrons. The Bertz CT molecular complexity index is 477. The third kappa shape index (κ3) is 4.25. The molecule has 0 aromatic heterocycles. The van der Waals surface area contributed by atoms with E-state index >= 15 is 0 Å². The van der Waals surface area contributed by atoms with Gasteiger partial charge in [0, 0.05) is 55.7 Å². The van der Waals surface area contributed by atoms with E-state index in [0.29, 0.717) is 32.7 Å². The molecule has 132 valence electrons. The van der Waals surface area contributed by atoms with E-state index in [-0.39, 0.29) is 22.6 Å². The van der Waals surface area contributed by atoms with Crippen LogP contribution < -0.4 is 5.32 Å². The first-order valence-electron chi connectivity index (χ1n) is 8.51. The van der Waals surface area contributed by atoms with Crippen molar-refractivity contribution in [3.63, 3.8) is 0 Å². The summed E-state index contributed by atoms with van der Waals surface area (Å²) in [6.07, 6.45) is 5.47. The third-order valence-electron chi connectivity index (χ3n) is 5.03. The Balaban J connectivity index is 1.84. The molecule has 0 aromatic carbocycles. The lowest BCUT2D eigenvalue weighted by atomic mass is 9.84.